The van der Waals surface area contributed by atoms with E-state index in [0.29, 0.717) is 35.7 Å². The Bertz CT molecular complexity index is 751. The predicted molar refractivity (Wildman–Crippen MR) is 88.9 cm³/mol. The van der Waals surface area contributed by atoms with Crippen molar-refractivity contribution in [1.82, 2.24) is 15.5 Å². The number of aryl methyl sites for hydroxylation is 1. The van der Waals surface area contributed by atoms with E-state index in [4.69, 9.17) is 4.42 Å². The number of nitrogens with one attached hydrogen (secondary N) is 1. The standard InChI is InChI=1S/C16H17N3O4S/c1-10-18-19-14(23-10)12-4-2-11(3-5-12)13(20)17-16(15(21)22)6-8-24-9-7-16/h2-5H,6-9H2,1H3,(H,17,20)(H,21,22). The molecule has 0 radical (unpaired) electrons. The van der Waals surface area contributed by atoms with Crippen LogP contribution >= 0.6 is 11.8 Å². The first-order chi connectivity index (χ1) is 11.5. The van der Waals surface area contributed by atoms with Crippen LogP contribution in [0.5, 0.6) is 0 Å². The van der Waals surface area contributed by atoms with Crippen molar-refractivity contribution in [2.75, 3.05) is 11.5 Å². The molecule has 1 aliphatic heterocycles. The highest BCUT2D eigenvalue weighted by atomic mass is 32.2. The fourth-order valence-electron chi connectivity index (χ4n) is 2.58. The minimum atomic E-state index is -1.18. The molecular weight excluding hydrogens is 330 g/mol. The van der Waals surface area contributed by atoms with Crippen molar-refractivity contribution in [2.24, 2.45) is 0 Å². The van der Waals surface area contributed by atoms with E-state index in [2.05, 4.69) is 15.5 Å². The Balaban J connectivity index is 1.76. The molecule has 7 nitrogen and oxygen atoms in total. The lowest BCUT2D eigenvalue weighted by Gasteiger charge is -2.33. The summed E-state index contributed by atoms with van der Waals surface area (Å²) >= 11 is 1.70. The van der Waals surface area contributed by atoms with Gasteiger partial charge < -0.3 is 14.8 Å². The highest BCUT2D eigenvalue weighted by Crippen LogP contribution is 2.28. The smallest absolute Gasteiger partial charge is 0.329 e. The third kappa shape index (κ3) is 3.28. The minimum absolute atomic E-state index is 0.380. The number of aromatic nitrogens is 2. The van der Waals surface area contributed by atoms with Gasteiger partial charge in [0.05, 0.1) is 0 Å². The summed E-state index contributed by atoms with van der Waals surface area (Å²) < 4.78 is 5.34. The molecule has 8 heteroatoms. The van der Waals surface area contributed by atoms with Crippen molar-refractivity contribution in [2.45, 2.75) is 25.3 Å². The summed E-state index contributed by atoms with van der Waals surface area (Å²) in [6, 6.07) is 6.65. The highest BCUT2D eigenvalue weighted by Gasteiger charge is 2.41. The Morgan fingerprint density at radius 2 is 1.88 bits per heavy atom. The normalized spacial score (nSPS) is 16.5. The van der Waals surface area contributed by atoms with Gasteiger partial charge in [-0.25, -0.2) is 4.79 Å². The lowest BCUT2D eigenvalue weighted by atomic mass is 9.91. The Morgan fingerprint density at radius 1 is 1.21 bits per heavy atom. The predicted octanol–water partition coefficient (Wildman–Crippen LogP) is 2.13. The van der Waals surface area contributed by atoms with Gasteiger partial charge in [-0.1, -0.05) is 0 Å². The van der Waals surface area contributed by atoms with Crippen LogP contribution in [0.4, 0.5) is 0 Å². The quantitative estimate of drug-likeness (QED) is 0.872. The van der Waals surface area contributed by atoms with Gasteiger partial charge in [-0.15, -0.1) is 10.2 Å². The first-order valence-corrected chi connectivity index (χ1v) is 8.70. The molecule has 2 N–H and O–H groups in total. The van der Waals surface area contributed by atoms with E-state index in [9.17, 15) is 14.7 Å². The average molecular weight is 347 g/mol. The van der Waals surface area contributed by atoms with Crippen LogP contribution in [-0.4, -0.2) is 44.2 Å². The molecule has 0 atom stereocenters. The molecule has 1 amide bonds. The number of thioether (sulfide) groups is 1. The van der Waals surface area contributed by atoms with E-state index < -0.39 is 17.4 Å². The molecular formula is C16H17N3O4S. The first-order valence-electron chi connectivity index (χ1n) is 7.54. The van der Waals surface area contributed by atoms with Gasteiger partial charge in [0.2, 0.25) is 11.8 Å². The molecule has 126 valence electrons. The van der Waals surface area contributed by atoms with Gasteiger partial charge in [-0.2, -0.15) is 11.8 Å². The summed E-state index contributed by atoms with van der Waals surface area (Å²) in [6.45, 7) is 1.70. The van der Waals surface area contributed by atoms with Crippen LogP contribution < -0.4 is 5.32 Å². The second-order valence-corrected chi connectivity index (χ2v) is 6.88. The van der Waals surface area contributed by atoms with Gasteiger partial charge in [0.25, 0.3) is 5.91 Å². The maximum Gasteiger partial charge on any atom is 0.329 e. The van der Waals surface area contributed by atoms with Crippen molar-refractivity contribution < 1.29 is 19.1 Å². The van der Waals surface area contributed by atoms with E-state index in [-0.39, 0.29) is 0 Å². The van der Waals surface area contributed by atoms with E-state index in [1.54, 1.807) is 43.0 Å². The van der Waals surface area contributed by atoms with Crippen molar-refractivity contribution in [3.05, 3.63) is 35.7 Å². The number of nitrogens with zero attached hydrogens (tertiary/aromatic N) is 2. The van der Waals surface area contributed by atoms with Gasteiger partial charge in [0.1, 0.15) is 5.54 Å². The lowest BCUT2D eigenvalue weighted by molar-refractivity contribution is -0.144. The van der Waals surface area contributed by atoms with E-state index in [1.165, 1.54) is 0 Å². The van der Waals surface area contributed by atoms with Crippen LogP contribution in [0.3, 0.4) is 0 Å². The summed E-state index contributed by atoms with van der Waals surface area (Å²) in [4.78, 5) is 24.1. The van der Waals surface area contributed by atoms with Crippen LogP contribution in [-0.2, 0) is 4.79 Å². The molecule has 0 aliphatic carbocycles. The molecule has 0 saturated carbocycles. The Labute approximate surface area is 142 Å². The number of carbonyl (C=O) groups is 2. The number of hydrogen-bond acceptors (Lipinski definition) is 6. The van der Waals surface area contributed by atoms with Crippen LogP contribution in [0, 0.1) is 6.92 Å². The van der Waals surface area contributed by atoms with Gasteiger partial charge in [-0.3, -0.25) is 4.79 Å². The van der Waals surface area contributed by atoms with Crippen LogP contribution in [0.2, 0.25) is 0 Å². The van der Waals surface area contributed by atoms with E-state index in [1.807, 2.05) is 0 Å². The Morgan fingerprint density at radius 3 is 2.42 bits per heavy atom. The molecule has 1 aromatic heterocycles. The number of benzene rings is 1. The summed E-state index contributed by atoms with van der Waals surface area (Å²) in [7, 11) is 0. The third-order valence-corrected chi connectivity index (χ3v) is 5.01. The summed E-state index contributed by atoms with van der Waals surface area (Å²) in [5.74, 6) is 0.923. The number of amides is 1. The fourth-order valence-corrected chi connectivity index (χ4v) is 3.77. The fraction of sp³-hybridized carbons (Fsp3) is 0.375. The molecule has 1 fully saturated rings. The van der Waals surface area contributed by atoms with Crippen molar-refractivity contribution in [3.63, 3.8) is 0 Å². The number of rotatable bonds is 4. The highest BCUT2D eigenvalue weighted by molar-refractivity contribution is 7.99. The van der Waals surface area contributed by atoms with E-state index in [0.717, 1.165) is 11.5 Å². The zero-order chi connectivity index (χ0) is 17.2. The van der Waals surface area contributed by atoms with Crippen LogP contribution in [0.1, 0.15) is 29.1 Å². The molecule has 0 spiro atoms. The minimum Gasteiger partial charge on any atom is -0.480 e. The second-order valence-electron chi connectivity index (χ2n) is 5.66. The van der Waals surface area contributed by atoms with Crippen molar-refractivity contribution in [3.8, 4) is 11.5 Å². The molecule has 1 saturated heterocycles. The molecule has 2 aromatic rings. The van der Waals surface area contributed by atoms with Crippen LogP contribution in [0.25, 0.3) is 11.5 Å². The van der Waals surface area contributed by atoms with Gasteiger partial charge >= 0.3 is 5.97 Å². The molecule has 1 aromatic carbocycles. The monoisotopic (exact) mass is 347 g/mol. The zero-order valence-electron chi connectivity index (χ0n) is 13.1. The number of carboxylic acid groups (broad SMARTS) is 1. The second kappa shape index (κ2) is 6.64. The molecule has 0 unspecified atom stereocenters. The molecule has 2 heterocycles. The maximum atomic E-state index is 12.4. The third-order valence-electron chi connectivity index (χ3n) is 4.03. The van der Waals surface area contributed by atoms with Crippen molar-refractivity contribution >= 4 is 23.6 Å². The molecule has 24 heavy (non-hydrogen) atoms. The van der Waals surface area contributed by atoms with Crippen LogP contribution in [0.15, 0.2) is 28.7 Å². The largest absolute Gasteiger partial charge is 0.480 e. The Hall–Kier alpha value is -2.35. The first kappa shape index (κ1) is 16.5. The topological polar surface area (TPSA) is 105 Å². The molecule has 0 bridgehead atoms. The average Bonchev–Trinajstić information content (AvgIpc) is 3.02. The SMILES string of the molecule is Cc1nnc(-c2ccc(C(=O)NC3(C(=O)O)CCSCC3)cc2)o1. The zero-order valence-corrected chi connectivity index (χ0v) is 13.9. The summed E-state index contributed by atoms with van der Waals surface area (Å²) in [5, 5.41) is 19.9. The number of hydrogen-bond donors (Lipinski definition) is 2. The maximum absolute atomic E-state index is 12.4. The number of aliphatic carboxylic acids is 1. The van der Waals surface area contributed by atoms with Gasteiger partial charge in [0.15, 0.2) is 0 Å². The van der Waals surface area contributed by atoms with E-state index >= 15 is 0 Å². The Kier molecular flexibility index (Phi) is 4.57. The van der Waals surface area contributed by atoms with Gasteiger partial charge in [-0.05, 0) is 48.6 Å². The lowest BCUT2D eigenvalue weighted by Crippen LogP contribution is -2.56. The van der Waals surface area contributed by atoms with Crippen molar-refractivity contribution in [1.29, 1.82) is 0 Å². The molecule has 3 rings (SSSR count). The molecule has 1 aliphatic rings. The van der Waals surface area contributed by atoms with Gasteiger partial charge in [0, 0.05) is 18.1 Å². The summed E-state index contributed by atoms with van der Waals surface area (Å²) in [5.41, 5.74) is -0.0760. The number of carboxylic acids is 1. The summed E-state index contributed by atoms with van der Waals surface area (Å²) in [6.07, 6.45) is 0.857. The number of carbonyl (C=O) groups excluding carboxylic acids is 1.